The van der Waals surface area contributed by atoms with E-state index in [1.54, 1.807) is 13.0 Å². The highest BCUT2D eigenvalue weighted by Crippen LogP contribution is 2.18. The lowest BCUT2D eigenvalue weighted by atomic mass is 10.0. The fraction of sp³-hybridized carbons (Fsp3) is 0.571. The SMILES string of the molecule is C=C(C)C(=O)OC(CCCCCC)CCCCCCCOc1ccc(/C=C/C(=O)OC)cc1. The summed E-state index contributed by atoms with van der Waals surface area (Å²) in [5.41, 5.74) is 1.39. The zero-order valence-electron chi connectivity index (χ0n) is 20.8. The molecule has 0 bridgehead atoms. The van der Waals surface area contributed by atoms with E-state index >= 15 is 0 Å². The number of carbonyl (C=O) groups is 2. The standard InChI is InChI=1S/C28H42O5/c1-5-6-7-11-14-26(33-28(30)23(2)3)15-12-9-8-10-13-22-32-25-19-16-24(17-20-25)18-21-27(29)31-4/h16-21,26H,2,5-15,22H2,1,3-4H3/b21-18+. The maximum Gasteiger partial charge on any atom is 0.333 e. The number of ether oxygens (including phenoxy) is 3. The molecule has 184 valence electrons. The van der Waals surface area contributed by atoms with Crippen LogP contribution >= 0.6 is 0 Å². The number of benzene rings is 1. The van der Waals surface area contributed by atoms with E-state index in [9.17, 15) is 9.59 Å². The first-order valence-electron chi connectivity index (χ1n) is 12.3. The van der Waals surface area contributed by atoms with Crippen molar-refractivity contribution in [1.29, 1.82) is 0 Å². The average Bonchev–Trinajstić information content (AvgIpc) is 2.82. The van der Waals surface area contributed by atoms with Gasteiger partial charge in [0.15, 0.2) is 0 Å². The van der Waals surface area contributed by atoms with Gasteiger partial charge in [-0.25, -0.2) is 9.59 Å². The number of hydrogen-bond acceptors (Lipinski definition) is 5. The molecule has 5 heteroatoms. The summed E-state index contributed by atoms with van der Waals surface area (Å²) in [6.07, 6.45) is 15.2. The van der Waals surface area contributed by atoms with Crippen LogP contribution in [0.5, 0.6) is 5.75 Å². The highest BCUT2D eigenvalue weighted by molar-refractivity contribution is 5.87. The molecule has 0 radical (unpaired) electrons. The number of hydrogen-bond donors (Lipinski definition) is 0. The van der Waals surface area contributed by atoms with Gasteiger partial charge in [-0.05, 0) is 62.8 Å². The van der Waals surface area contributed by atoms with Crippen molar-refractivity contribution in [3.8, 4) is 5.75 Å². The fourth-order valence-electron chi connectivity index (χ4n) is 3.41. The van der Waals surface area contributed by atoms with Gasteiger partial charge < -0.3 is 14.2 Å². The summed E-state index contributed by atoms with van der Waals surface area (Å²) < 4.78 is 16.0. The molecule has 1 rings (SSSR count). The van der Waals surface area contributed by atoms with Crippen molar-refractivity contribution in [3.63, 3.8) is 0 Å². The molecule has 0 fully saturated rings. The third kappa shape index (κ3) is 14.3. The molecule has 0 aliphatic heterocycles. The van der Waals surface area contributed by atoms with Gasteiger partial charge in [0, 0.05) is 11.6 Å². The smallest absolute Gasteiger partial charge is 0.333 e. The van der Waals surface area contributed by atoms with Crippen LogP contribution in [-0.4, -0.2) is 31.8 Å². The van der Waals surface area contributed by atoms with Crippen LogP contribution in [0.1, 0.15) is 90.0 Å². The normalized spacial score (nSPS) is 11.8. The maximum atomic E-state index is 11.9. The summed E-state index contributed by atoms with van der Waals surface area (Å²) in [5, 5.41) is 0. The van der Waals surface area contributed by atoms with Crippen molar-refractivity contribution in [2.24, 2.45) is 0 Å². The molecule has 0 aliphatic rings. The lowest BCUT2D eigenvalue weighted by molar-refractivity contribution is -0.145. The minimum atomic E-state index is -0.370. The third-order valence-electron chi connectivity index (χ3n) is 5.43. The minimum absolute atomic E-state index is 0.0137. The van der Waals surface area contributed by atoms with E-state index in [1.807, 2.05) is 24.3 Å². The zero-order chi connectivity index (χ0) is 24.3. The lowest BCUT2D eigenvalue weighted by Gasteiger charge is -2.18. The van der Waals surface area contributed by atoms with Gasteiger partial charge in [0.05, 0.1) is 13.7 Å². The number of unbranched alkanes of at least 4 members (excludes halogenated alkanes) is 7. The largest absolute Gasteiger partial charge is 0.494 e. The molecule has 1 aromatic rings. The molecule has 33 heavy (non-hydrogen) atoms. The monoisotopic (exact) mass is 458 g/mol. The summed E-state index contributed by atoms with van der Waals surface area (Å²) >= 11 is 0. The molecule has 0 amide bonds. The molecule has 0 aromatic heterocycles. The van der Waals surface area contributed by atoms with E-state index in [0.29, 0.717) is 12.2 Å². The van der Waals surface area contributed by atoms with Crippen LogP contribution in [0.4, 0.5) is 0 Å². The Balaban J connectivity index is 2.19. The van der Waals surface area contributed by atoms with Crippen LogP contribution in [0.2, 0.25) is 0 Å². The first kappa shape index (κ1) is 28.5. The zero-order valence-corrected chi connectivity index (χ0v) is 20.8. The minimum Gasteiger partial charge on any atom is -0.494 e. The second-order valence-corrected chi connectivity index (χ2v) is 8.49. The van der Waals surface area contributed by atoms with E-state index in [0.717, 1.165) is 62.7 Å². The van der Waals surface area contributed by atoms with Crippen molar-refractivity contribution < 1.29 is 23.8 Å². The summed E-state index contributed by atoms with van der Waals surface area (Å²) in [5.74, 6) is 0.196. The molecule has 0 saturated heterocycles. The van der Waals surface area contributed by atoms with Crippen LogP contribution in [0.25, 0.3) is 6.08 Å². The highest BCUT2D eigenvalue weighted by Gasteiger charge is 2.14. The summed E-state index contributed by atoms with van der Waals surface area (Å²) in [6, 6.07) is 7.63. The van der Waals surface area contributed by atoms with Crippen molar-refractivity contribution in [3.05, 3.63) is 48.1 Å². The van der Waals surface area contributed by atoms with Crippen molar-refractivity contribution >= 4 is 18.0 Å². The topological polar surface area (TPSA) is 61.8 Å². The van der Waals surface area contributed by atoms with E-state index in [4.69, 9.17) is 9.47 Å². The van der Waals surface area contributed by atoms with Crippen molar-refractivity contribution in [1.82, 2.24) is 0 Å². The van der Waals surface area contributed by atoms with E-state index < -0.39 is 0 Å². The second-order valence-electron chi connectivity index (χ2n) is 8.49. The third-order valence-corrected chi connectivity index (χ3v) is 5.43. The van der Waals surface area contributed by atoms with Gasteiger partial charge in [-0.15, -0.1) is 0 Å². The first-order valence-corrected chi connectivity index (χ1v) is 12.3. The Morgan fingerprint density at radius 2 is 1.55 bits per heavy atom. The molecule has 0 aliphatic carbocycles. The Bertz CT molecular complexity index is 720. The van der Waals surface area contributed by atoms with Crippen LogP contribution < -0.4 is 4.74 Å². The number of carbonyl (C=O) groups excluding carboxylic acids is 2. The lowest BCUT2D eigenvalue weighted by Crippen LogP contribution is -2.18. The number of rotatable bonds is 18. The Morgan fingerprint density at radius 1 is 0.939 bits per heavy atom. The molecule has 1 unspecified atom stereocenters. The molecular formula is C28H42O5. The van der Waals surface area contributed by atoms with Gasteiger partial charge in [0.1, 0.15) is 11.9 Å². The molecule has 0 spiro atoms. The van der Waals surface area contributed by atoms with Gasteiger partial charge in [-0.2, -0.15) is 0 Å². The molecular weight excluding hydrogens is 416 g/mol. The Hall–Kier alpha value is -2.56. The van der Waals surface area contributed by atoms with Crippen LogP contribution in [0, 0.1) is 0 Å². The van der Waals surface area contributed by atoms with Crippen molar-refractivity contribution in [2.75, 3.05) is 13.7 Å². The maximum absolute atomic E-state index is 11.9. The van der Waals surface area contributed by atoms with Gasteiger partial charge in [-0.3, -0.25) is 0 Å². The summed E-state index contributed by atoms with van der Waals surface area (Å²) in [7, 11) is 1.36. The molecule has 0 N–H and O–H groups in total. The van der Waals surface area contributed by atoms with Crippen molar-refractivity contribution in [2.45, 2.75) is 90.6 Å². The van der Waals surface area contributed by atoms with E-state index in [2.05, 4.69) is 18.2 Å². The van der Waals surface area contributed by atoms with Gasteiger partial charge >= 0.3 is 11.9 Å². The molecule has 1 atom stereocenters. The molecule has 5 nitrogen and oxygen atoms in total. The average molecular weight is 459 g/mol. The Kier molecular flexibility index (Phi) is 15.5. The fourth-order valence-corrected chi connectivity index (χ4v) is 3.41. The summed E-state index contributed by atoms with van der Waals surface area (Å²) in [6.45, 7) is 8.29. The molecule has 0 saturated carbocycles. The van der Waals surface area contributed by atoms with E-state index in [-0.39, 0.29) is 18.0 Å². The summed E-state index contributed by atoms with van der Waals surface area (Å²) in [4.78, 5) is 23.0. The number of methoxy groups -OCH3 is 1. The molecule has 0 heterocycles. The quantitative estimate of drug-likeness (QED) is 0.134. The Morgan fingerprint density at radius 3 is 2.15 bits per heavy atom. The second kappa shape index (κ2) is 17.9. The predicted molar refractivity (Wildman–Crippen MR) is 134 cm³/mol. The van der Waals surface area contributed by atoms with Crippen LogP contribution in [0.3, 0.4) is 0 Å². The Labute approximate surface area is 200 Å². The van der Waals surface area contributed by atoms with Gasteiger partial charge in [0.2, 0.25) is 0 Å². The first-order chi connectivity index (χ1) is 16.0. The predicted octanol–water partition coefficient (Wildman–Crippen LogP) is 7.05. The number of esters is 2. The van der Waals surface area contributed by atoms with Crippen LogP contribution in [-0.2, 0) is 19.1 Å². The van der Waals surface area contributed by atoms with E-state index in [1.165, 1.54) is 32.4 Å². The van der Waals surface area contributed by atoms with Gasteiger partial charge in [0.25, 0.3) is 0 Å². The van der Waals surface area contributed by atoms with Crippen LogP contribution in [0.15, 0.2) is 42.5 Å². The van der Waals surface area contributed by atoms with Gasteiger partial charge in [-0.1, -0.05) is 64.2 Å². The molecule has 1 aromatic carbocycles. The highest BCUT2D eigenvalue weighted by atomic mass is 16.5.